The SMILES string of the molecule is CNC1CCCCCC1N1CCCC2CCCC21. The molecule has 2 nitrogen and oxygen atoms in total. The summed E-state index contributed by atoms with van der Waals surface area (Å²) in [5, 5.41) is 3.63. The summed E-state index contributed by atoms with van der Waals surface area (Å²) < 4.78 is 0. The van der Waals surface area contributed by atoms with E-state index in [-0.39, 0.29) is 0 Å². The van der Waals surface area contributed by atoms with Gasteiger partial charge in [0.05, 0.1) is 0 Å². The van der Waals surface area contributed by atoms with Crippen LogP contribution in [0.5, 0.6) is 0 Å². The maximum Gasteiger partial charge on any atom is 0.0252 e. The summed E-state index contributed by atoms with van der Waals surface area (Å²) in [6, 6.07) is 2.54. The molecule has 2 saturated carbocycles. The normalized spacial score (nSPS) is 42.5. The molecule has 2 aliphatic carbocycles. The molecule has 3 aliphatic rings. The molecular formula is C16H30N2. The zero-order valence-corrected chi connectivity index (χ0v) is 12.0. The molecule has 18 heavy (non-hydrogen) atoms. The Kier molecular flexibility index (Phi) is 4.25. The van der Waals surface area contributed by atoms with Crippen LogP contribution in [0.1, 0.15) is 64.2 Å². The van der Waals surface area contributed by atoms with Crippen molar-refractivity contribution in [3.8, 4) is 0 Å². The zero-order valence-electron chi connectivity index (χ0n) is 12.0. The number of hydrogen-bond acceptors (Lipinski definition) is 2. The Hall–Kier alpha value is -0.0800. The van der Waals surface area contributed by atoms with Gasteiger partial charge in [-0.25, -0.2) is 0 Å². The second-order valence-corrected chi connectivity index (χ2v) is 6.74. The molecule has 1 aliphatic heterocycles. The van der Waals surface area contributed by atoms with Crippen LogP contribution in [-0.2, 0) is 0 Å². The van der Waals surface area contributed by atoms with Gasteiger partial charge < -0.3 is 5.32 Å². The van der Waals surface area contributed by atoms with E-state index in [1.807, 2.05) is 0 Å². The lowest BCUT2D eigenvalue weighted by molar-refractivity contribution is 0.0466. The summed E-state index contributed by atoms with van der Waals surface area (Å²) in [6.45, 7) is 1.38. The van der Waals surface area contributed by atoms with Crippen molar-refractivity contribution in [1.29, 1.82) is 0 Å². The molecule has 0 amide bonds. The van der Waals surface area contributed by atoms with Crippen LogP contribution in [0.25, 0.3) is 0 Å². The van der Waals surface area contributed by atoms with Gasteiger partial charge >= 0.3 is 0 Å². The number of rotatable bonds is 2. The van der Waals surface area contributed by atoms with Gasteiger partial charge in [-0.15, -0.1) is 0 Å². The zero-order chi connectivity index (χ0) is 12.4. The predicted octanol–water partition coefficient (Wildman–Crippen LogP) is 3.17. The summed E-state index contributed by atoms with van der Waals surface area (Å²) in [5.74, 6) is 1.04. The minimum absolute atomic E-state index is 0.756. The molecule has 1 N–H and O–H groups in total. The van der Waals surface area contributed by atoms with E-state index >= 15 is 0 Å². The quantitative estimate of drug-likeness (QED) is 0.757. The van der Waals surface area contributed by atoms with Crippen molar-refractivity contribution in [2.45, 2.75) is 82.3 Å². The van der Waals surface area contributed by atoms with E-state index in [1.54, 1.807) is 0 Å². The summed E-state index contributed by atoms with van der Waals surface area (Å²) in [7, 11) is 2.18. The van der Waals surface area contributed by atoms with Crippen molar-refractivity contribution >= 4 is 0 Å². The molecule has 0 aromatic heterocycles. The fourth-order valence-electron chi connectivity index (χ4n) is 4.93. The highest BCUT2D eigenvalue weighted by molar-refractivity contribution is 4.96. The Morgan fingerprint density at radius 2 is 1.56 bits per heavy atom. The van der Waals surface area contributed by atoms with E-state index in [4.69, 9.17) is 0 Å². The van der Waals surface area contributed by atoms with Crippen LogP contribution in [0.3, 0.4) is 0 Å². The molecule has 0 radical (unpaired) electrons. The third-order valence-corrected chi connectivity index (χ3v) is 5.81. The summed E-state index contributed by atoms with van der Waals surface area (Å²) >= 11 is 0. The standard InChI is InChI=1S/C16H30N2/c1-17-14-9-3-2-4-10-16(14)18-12-6-8-13-7-5-11-15(13)18/h13-17H,2-12H2,1H3. The first-order valence-electron chi connectivity index (χ1n) is 8.33. The summed E-state index contributed by atoms with van der Waals surface area (Å²) in [4.78, 5) is 2.94. The van der Waals surface area contributed by atoms with Crippen LogP contribution in [0.15, 0.2) is 0 Å². The number of likely N-dealkylation sites (tertiary alicyclic amines) is 1. The van der Waals surface area contributed by atoms with Gasteiger partial charge in [0.25, 0.3) is 0 Å². The largest absolute Gasteiger partial charge is 0.315 e. The van der Waals surface area contributed by atoms with Gasteiger partial charge in [0.1, 0.15) is 0 Å². The molecule has 0 bridgehead atoms. The highest BCUT2D eigenvalue weighted by atomic mass is 15.2. The Morgan fingerprint density at radius 1 is 0.778 bits per heavy atom. The van der Waals surface area contributed by atoms with Crippen LogP contribution in [0, 0.1) is 5.92 Å². The van der Waals surface area contributed by atoms with E-state index in [0.717, 1.165) is 24.0 Å². The van der Waals surface area contributed by atoms with Gasteiger partial charge in [-0.2, -0.15) is 0 Å². The highest BCUT2D eigenvalue weighted by Gasteiger charge is 2.40. The van der Waals surface area contributed by atoms with Gasteiger partial charge in [0.15, 0.2) is 0 Å². The first-order chi connectivity index (χ1) is 8.90. The van der Waals surface area contributed by atoms with Crippen LogP contribution in [0.4, 0.5) is 0 Å². The first kappa shape index (κ1) is 12.9. The van der Waals surface area contributed by atoms with Crippen molar-refractivity contribution in [3.63, 3.8) is 0 Å². The lowest BCUT2D eigenvalue weighted by Gasteiger charge is -2.45. The predicted molar refractivity (Wildman–Crippen MR) is 76.8 cm³/mol. The fourth-order valence-corrected chi connectivity index (χ4v) is 4.93. The molecule has 1 saturated heterocycles. The second kappa shape index (κ2) is 5.92. The molecule has 4 atom stereocenters. The molecule has 3 rings (SSSR count). The molecule has 0 aromatic carbocycles. The first-order valence-corrected chi connectivity index (χ1v) is 8.33. The fraction of sp³-hybridized carbons (Fsp3) is 1.00. The Morgan fingerprint density at radius 3 is 2.44 bits per heavy atom. The smallest absolute Gasteiger partial charge is 0.0252 e. The lowest BCUT2D eigenvalue weighted by Crippen LogP contribution is -2.55. The maximum absolute atomic E-state index is 3.63. The van der Waals surface area contributed by atoms with Gasteiger partial charge in [0, 0.05) is 18.1 Å². The van der Waals surface area contributed by atoms with Crippen LogP contribution in [0.2, 0.25) is 0 Å². The van der Waals surface area contributed by atoms with Gasteiger partial charge in [-0.1, -0.05) is 25.7 Å². The Balaban J connectivity index is 1.73. The average Bonchev–Trinajstić information content (AvgIpc) is 2.76. The van der Waals surface area contributed by atoms with Gasteiger partial charge in [-0.3, -0.25) is 4.90 Å². The van der Waals surface area contributed by atoms with E-state index in [2.05, 4.69) is 17.3 Å². The summed E-state index contributed by atoms with van der Waals surface area (Å²) in [5.41, 5.74) is 0. The highest BCUT2D eigenvalue weighted by Crippen LogP contribution is 2.39. The van der Waals surface area contributed by atoms with Crippen LogP contribution < -0.4 is 5.32 Å². The van der Waals surface area contributed by atoms with Crippen molar-refractivity contribution in [2.75, 3.05) is 13.6 Å². The number of piperidine rings is 1. The molecular weight excluding hydrogens is 220 g/mol. The van der Waals surface area contributed by atoms with E-state index < -0.39 is 0 Å². The minimum atomic E-state index is 0.756. The number of hydrogen-bond donors (Lipinski definition) is 1. The maximum atomic E-state index is 3.63. The molecule has 2 heteroatoms. The monoisotopic (exact) mass is 250 g/mol. The van der Waals surface area contributed by atoms with Crippen LogP contribution in [-0.4, -0.2) is 36.6 Å². The number of nitrogens with one attached hydrogen (secondary N) is 1. The van der Waals surface area contributed by atoms with Gasteiger partial charge in [0.2, 0.25) is 0 Å². The van der Waals surface area contributed by atoms with Crippen molar-refractivity contribution in [3.05, 3.63) is 0 Å². The van der Waals surface area contributed by atoms with Crippen LogP contribution >= 0.6 is 0 Å². The molecule has 104 valence electrons. The molecule has 0 aromatic rings. The summed E-state index contributed by atoms with van der Waals surface area (Å²) in [6.07, 6.45) is 14.6. The Labute approximate surface area is 113 Å². The van der Waals surface area contributed by atoms with E-state index in [1.165, 1.54) is 70.8 Å². The topological polar surface area (TPSA) is 15.3 Å². The molecule has 4 unspecified atom stereocenters. The number of likely N-dealkylation sites (N-methyl/N-ethyl adjacent to an activating group) is 1. The van der Waals surface area contributed by atoms with E-state index in [0.29, 0.717) is 0 Å². The molecule has 1 heterocycles. The molecule has 3 fully saturated rings. The number of nitrogens with zero attached hydrogens (tertiary/aromatic N) is 1. The second-order valence-electron chi connectivity index (χ2n) is 6.74. The molecule has 0 spiro atoms. The van der Waals surface area contributed by atoms with Gasteiger partial charge in [-0.05, 0) is 58.0 Å². The lowest BCUT2D eigenvalue weighted by atomic mass is 9.88. The van der Waals surface area contributed by atoms with E-state index in [9.17, 15) is 0 Å². The Bertz CT molecular complexity index is 266. The van der Waals surface area contributed by atoms with Crippen molar-refractivity contribution in [1.82, 2.24) is 10.2 Å². The minimum Gasteiger partial charge on any atom is -0.315 e. The number of fused-ring (bicyclic) bond motifs is 1. The average molecular weight is 250 g/mol. The third kappa shape index (κ3) is 2.46. The third-order valence-electron chi connectivity index (χ3n) is 5.81. The van der Waals surface area contributed by atoms with Crippen molar-refractivity contribution < 1.29 is 0 Å². The van der Waals surface area contributed by atoms with Crippen molar-refractivity contribution in [2.24, 2.45) is 5.92 Å².